The molecule has 1 amide bonds. The molecule has 0 unspecified atom stereocenters. The zero-order valence-corrected chi connectivity index (χ0v) is 14.7. The number of hydrogen-bond donors (Lipinski definition) is 2. The van der Waals surface area contributed by atoms with Crippen LogP contribution in [0.2, 0.25) is 0 Å². The first-order chi connectivity index (χ1) is 11.7. The molecule has 0 saturated carbocycles. The summed E-state index contributed by atoms with van der Waals surface area (Å²) in [6, 6.07) is 0.284. The fourth-order valence-electron chi connectivity index (χ4n) is 4.38. The smallest absolute Gasteiger partial charge is 0.234 e. The number of allylic oxidation sites excluding steroid dienone is 1. The normalized spacial score (nSPS) is 31.7. The molecule has 2 fully saturated rings. The van der Waals surface area contributed by atoms with Crippen molar-refractivity contribution in [3.63, 3.8) is 0 Å². The molecule has 2 N–H and O–H groups in total. The van der Waals surface area contributed by atoms with E-state index in [-0.39, 0.29) is 24.0 Å². The van der Waals surface area contributed by atoms with Crippen LogP contribution in [0.15, 0.2) is 11.6 Å². The number of nitrogens with one attached hydrogen (secondary N) is 1. The highest BCUT2D eigenvalue weighted by molar-refractivity contribution is 5.78. The molecule has 0 radical (unpaired) electrons. The Labute approximate surface area is 145 Å². The Morgan fingerprint density at radius 2 is 2.25 bits per heavy atom. The van der Waals surface area contributed by atoms with E-state index in [1.807, 2.05) is 0 Å². The summed E-state index contributed by atoms with van der Waals surface area (Å²) in [4.78, 5) is 14.5. The van der Waals surface area contributed by atoms with E-state index < -0.39 is 0 Å². The van der Waals surface area contributed by atoms with Gasteiger partial charge in [-0.15, -0.1) is 0 Å². The highest BCUT2D eigenvalue weighted by Gasteiger charge is 2.37. The van der Waals surface area contributed by atoms with Gasteiger partial charge < -0.3 is 15.2 Å². The van der Waals surface area contributed by atoms with Crippen molar-refractivity contribution in [1.29, 1.82) is 0 Å². The minimum Gasteiger partial charge on any atom is -0.393 e. The lowest BCUT2D eigenvalue weighted by atomic mass is 9.89. The van der Waals surface area contributed by atoms with E-state index in [9.17, 15) is 9.90 Å². The molecular formula is C19H32N2O3. The van der Waals surface area contributed by atoms with Crippen LogP contribution in [0.3, 0.4) is 0 Å². The Morgan fingerprint density at radius 3 is 3.04 bits per heavy atom. The molecule has 0 aromatic rings. The average molecular weight is 336 g/mol. The molecule has 5 heteroatoms. The van der Waals surface area contributed by atoms with E-state index in [1.54, 1.807) is 0 Å². The minimum absolute atomic E-state index is 0.115. The Balaban J connectivity index is 1.42. The SMILES string of the molecule is O=C(CN1CCC[C@@H]1[C@H]1COCC[C@@H]1O)NCCC1=CCCCC1. The Bertz CT molecular complexity index is 452. The molecule has 3 atom stereocenters. The molecule has 136 valence electrons. The van der Waals surface area contributed by atoms with Gasteiger partial charge in [0.15, 0.2) is 0 Å². The molecule has 3 rings (SSSR count). The molecule has 3 aliphatic rings. The second-order valence-corrected chi connectivity index (χ2v) is 7.48. The zero-order valence-electron chi connectivity index (χ0n) is 14.7. The maximum Gasteiger partial charge on any atom is 0.234 e. The molecule has 0 bridgehead atoms. The minimum atomic E-state index is -0.286. The molecule has 1 aliphatic carbocycles. The van der Waals surface area contributed by atoms with Crippen LogP contribution in [0.25, 0.3) is 0 Å². The molecule has 0 aromatic heterocycles. The molecule has 0 spiro atoms. The summed E-state index contributed by atoms with van der Waals surface area (Å²) >= 11 is 0. The first-order valence-electron chi connectivity index (χ1n) is 9.68. The quantitative estimate of drug-likeness (QED) is 0.727. The molecule has 5 nitrogen and oxygen atoms in total. The second-order valence-electron chi connectivity index (χ2n) is 7.48. The Hall–Kier alpha value is -0.910. The summed E-state index contributed by atoms with van der Waals surface area (Å²) in [5, 5.41) is 13.3. The topological polar surface area (TPSA) is 61.8 Å². The van der Waals surface area contributed by atoms with Crippen LogP contribution < -0.4 is 5.32 Å². The lowest BCUT2D eigenvalue weighted by Crippen LogP contribution is -2.48. The van der Waals surface area contributed by atoms with Gasteiger partial charge in [-0.05, 0) is 57.9 Å². The van der Waals surface area contributed by atoms with Crippen LogP contribution in [-0.4, -0.2) is 60.9 Å². The van der Waals surface area contributed by atoms with Crippen molar-refractivity contribution in [1.82, 2.24) is 10.2 Å². The van der Waals surface area contributed by atoms with Crippen molar-refractivity contribution in [3.8, 4) is 0 Å². The molecule has 0 aromatic carbocycles. The van der Waals surface area contributed by atoms with E-state index >= 15 is 0 Å². The Kier molecular flexibility index (Phi) is 6.69. The zero-order chi connectivity index (χ0) is 16.8. The predicted octanol–water partition coefficient (Wildman–Crippen LogP) is 1.85. The van der Waals surface area contributed by atoms with E-state index in [1.165, 1.54) is 31.3 Å². The summed E-state index contributed by atoms with van der Waals surface area (Å²) < 4.78 is 5.56. The number of hydrogen-bond acceptors (Lipinski definition) is 4. The highest BCUT2D eigenvalue weighted by Crippen LogP contribution is 2.29. The third kappa shape index (κ3) is 4.80. The number of rotatable bonds is 6. The number of nitrogens with zero attached hydrogens (tertiary/aromatic N) is 1. The Morgan fingerprint density at radius 1 is 1.33 bits per heavy atom. The fraction of sp³-hybridized carbons (Fsp3) is 0.842. The summed E-state index contributed by atoms with van der Waals surface area (Å²) in [6.45, 7) is 3.43. The molecule has 2 aliphatic heterocycles. The number of aliphatic hydroxyl groups is 1. The van der Waals surface area contributed by atoms with Gasteiger partial charge in [-0.3, -0.25) is 9.69 Å². The van der Waals surface area contributed by atoms with Crippen LogP contribution in [0.4, 0.5) is 0 Å². The molecule has 2 saturated heterocycles. The van der Waals surface area contributed by atoms with Crippen LogP contribution in [0.5, 0.6) is 0 Å². The summed E-state index contributed by atoms with van der Waals surface area (Å²) in [6.07, 6.45) is 10.9. The van der Waals surface area contributed by atoms with Gasteiger partial charge in [-0.2, -0.15) is 0 Å². The van der Waals surface area contributed by atoms with Crippen LogP contribution in [-0.2, 0) is 9.53 Å². The van der Waals surface area contributed by atoms with Crippen molar-refractivity contribution >= 4 is 5.91 Å². The number of carbonyl (C=O) groups is 1. The number of amides is 1. The van der Waals surface area contributed by atoms with Gasteiger partial charge >= 0.3 is 0 Å². The van der Waals surface area contributed by atoms with Gasteiger partial charge in [-0.25, -0.2) is 0 Å². The molecular weight excluding hydrogens is 304 g/mol. The lowest BCUT2D eigenvalue weighted by Gasteiger charge is -2.36. The maximum absolute atomic E-state index is 12.3. The standard InChI is InChI=1S/C19H32N2O3/c22-18-9-12-24-14-16(18)17-7-4-11-21(17)13-19(23)20-10-8-15-5-2-1-3-6-15/h5,16-18,22H,1-4,6-14H2,(H,20,23)/t16-,17-,18+/m1/s1. The van der Waals surface area contributed by atoms with Crippen molar-refractivity contribution in [2.24, 2.45) is 5.92 Å². The van der Waals surface area contributed by atoms with E-state index in [4.69, 9.17) is 4.74 Å². The fourth-order valence-corrected chi connectivity index (χ4v) is 4.38. The second kappa shape index (κ2) is 8.97. The van der Waals surface area contributed by atoms with Gasteiger partial charge in [0, 0.05) is 25.1 Å². The average Bonchev–Trinajstić information content (AvgIpc) is 3.04. The molecule has 2 heterocycles. The van der Waals surface area contributed by atoms with E-state index in [0.29, 0.717) is 19.8 Å². The van der Waals surface area contributed by atoms with Gasteiger partial charge in [0.05, 0.1) is 19.3 Å². The first kappa shape index (κ1) is 17.9. The van der Waals surface area contributed by atoms with Crippen LogP contribution >= 0.6 is 0 Å². The van der Waals surface area contributed by atoms with Crippen molar-refractivity contribution in [2.45, 2.75) is 63.5 Å². The number of carbonyl (C=O) groups excluding carboxylic acids is 1. The summed E-state index contributed by atoms with van der Waals surface area (Å²) in [7, 11) is 0. The monoisotopic (exact) mass is 336 g/mol. The first-order valence-corrected chi connectivity index (χ1v) is 9.68. The summed E-state index contributed by atoms with van der Waals surface area (Å²) in [5.41, 5.74) is 1.50. The van der Waals surface area contributed by atoms with Gasteiger partial charge in [-0.1, -0.05) is 11.6 Å². The number of aliphatic hydroxyl groups excluding tert-OH is 1. The van der Waals surface area contributed by atoms with Gasteiger partial charge in [0.25, 0.3) is 0 Å². The highest BCUT2D eigenvalue weighted by atomic mass is 16.5. The number of ether oxygens (including phenoxy) is 1. The lowest BCUT2D eigenvalue weighted by molar-refractivity contribution is -0.123. The van der Waals surface area contributed by atoms with Crippen LogP contribution in [0, 0.1) is 5.92 Å². The van der Waals surface area contributed by atoms with Crippen molar-refractivity contribution in [3.05, 3.63) is 11.6 Å². The van der Waals surface area contributed by atoms with Crippen molar-refractivity contribution < 1.29 is 14.6 Å². The number of likely N-dealkylation sites (tertiary alicyclic amines) is 1. The van der Waals surface area contributed by atoms with Crippen LogP contribution in [0.1, 0.15) is 51.4 Å². The largest absolute Gasteiger partial charge is 0.393 e. The summed E-state index contributed by atoms with van der Waals surface area (Å²) in [5.74, 6) is 0.269. The van der Waals surface area contributed by atoms with Gasteiger partial charge in [0.1, 0.15) is 0 Å². The third-order valence-electron chi connectivity index (χ3n) is 5.77. The maximum atomic E-state index is 12.3. The third-order valence-corrected chi connectivity index (χ3v) is 5.77. The van der Waals surface area contributed by atoms with E-state index in [0.717, 1.165) is 38.8 Å². The van der Waals surface area contributed by atoms with Gasteiger partial charge in [0.2, 0.25) is 5.91 Å². The van der Waals surface area contributed by atoms with E-state index in [2.05, 4.69) is 16.3 Å². The van der Waals surface area contributed by atoms with Crippen molar-refractivity contribution in [2.75, 3.05) is 32.8 Å². The predicted molar refractivity (Wildman–Crippen MR) is 93.7 cm³/mol. The molecule has 24 heavy (non-hydrogen) atoms.